The van der Waals surface area contributed by atoms with E-state index in [-0.39, 0.29) is 12.6 Å². The molecule has 0 aromatic heterocycles. The van der Waals surface area contributed by atoms with Crippen LogP contribution in [0.5, 0.6) is 11.5 Å². The molecule has 0 fully saturated rings. The minimum Gasteiger partial charge on any atom is -0.416 e. The Labute approximate surface area is 117 Å². The largest absolute Gasteiger partial charge is 0.431 e. The van der Waals surface area contributed by atoms with Crippen LogP contribution in [-0.2, 0) is 9.36 Å². The summed E-state index contributed by atoms with van der Waals surface area (Å²) in [5, 5.41) is 0. The highest BCUT2D eigenvalue weighted by Gasteiger charge is 2.27. The second kappa shape index (κ2) is 6.92. The van der Waals surface area contributed by atoms with Gasteiger partial charge in [0.25, 0.3) is 0 Å². The van der Waals surface area contributed by atoms with E-state index < -0.39 is 7.60 Å². The molecule has 2 rings (SSSR count). The maximum Gasteiger partial charge on any atom is 0.431 e. The van der Waals surface area contributed by atoms with Gasteiger partial charge in [-0.05, 0) is 24.3 Å². The van der Waals surface area contributed by atoms with Gasteiger partial charge in [-0.15, -0.1) is 0 Å². The molecule has 20 heavy (non-hydrogen) atoms. The minimum atomic E-state index is -3.44. The van der Waals surface area contributed by atoms with Crippen molar-refractivity contribution < 1.29 is 18.4 Å². The quantitative estimate of drug-likeness (QED) is 0.727. The highest BCUT2D eigenvalue weighted by Crippen LogP contribution is 2.48. The fourth-order valence-electron chi connectivity index (χ4n) is 1.58. The average molecular weight is 289 g/mol. The Morgan fingerprint density at radius 1 is 0.850 bits per heavy atom. The van der Waals surface area contributed by atoms with E-state index in [1.807, 2.05) is 12.1 Å². The molecule has 0 atom stereocenters. The van der Waals surface area contributed by atoms with Gasteiger partial charge in [-0.1, -0.05) is 36.4 Å². The smallest absolute Gasteiger partial charge is 0.416 e. The number of benzene rings is 2. The topological polar surface area (TPSA) is 52.6 Å². The number of rotatable bonds is 7. The van der Waals surface area contributed by atoms with Crippen LogP contribution in [0.3, 0.4) is 0 Å². The Balaban J connectivity index is 2.16. The molecule has 0 aliphatic carbocycles. The van der Waals surface area contributed by atoms with Crippen LogP contribution in [-0.4, -0.2) is 12.4 Å². The van der Waals surface area contributed by atoms with Crippen LogP contribution < -0.4 is 9.05 Å². The zero-order valence-electron chi connectivity index (χ0n) is 10.8. The zero-order valence-corrected chi connectivity index (χ0v) is 11.7. The van der Waals surface area contributed by atoms with Crippen LogP contribution in [0.2, 0.25) is 0 Å². The summed E-state index contributed by atoms with van der Waals surface area (Å²) in [6.07, 6.45) is 1.70. The summed E-state index contributed by atoms with van der Waals surface area (Å²) in [6.45, 7) is 0. The molecule has 0 saturated carbocycles. The molecule has 2 aromatic rings. The van der Waals surface area contributed by atoms with Crippen molar-refractivity contribution in [1.82, 2.24) is 0 Å². The van der Waals surface area contributed by atoms with Gasteiger partial charge in [0, 0.05) is 6.42 Å². The standard InChI is InChI=1S/C15H14O4P/c16-12-7-13-20(17,18-14-8-3-1-4-9-14)19-15-10-5-2-6-11-15/h1-6,8-11H,7,13H2. The summed E-state index contributed by atoms with van der Waals surface area (Å²) in [6, 6.07) is 17.5. The number of carbonyl (C=O) groups excluding carboxylic acids is 1. The van der Waals surface area contributed by atoms with E-state index in [9.17, 15) is 9.36 Å². The van der Waals surface area contributed by atoms with Crippen LogP contribution in [0, 0.1) is 0 Å². The molecule has 0 N–H and O–H groups in total. The van der Waals surface area contributed by atoms with Crippen molar-refractivity contribution in [3.05, 3.63) is 60.7 Å². The molecule has 1 radical (unpaired) electrons. The molecule has 0 aliphatic heterocycles. The molecule has 0 spiro atoms. The molecule has 0 unspecified atom stereocenters. The molecule has 0 saturated heterocycles. The van der Waals surface area contributed by atoms with Crippen LogP contribution in [0.15, 0.2) is 60.7 Å². The molecule has 5 heteroatoms. The van der Waals surface area contributed by atoms with Gasteiger partial charge in [-0.25, -0.2) is 4.57 Å². The summed E-state index contributed by atoms with van der Waals surface area (Å²) < 4.78 is 23.6. The Hall–Kier alpha value is -2.06. The summed E-state index contributed by atoms with van der Waals surface area (Å²) in [5.41, 5.74) is 0. The number of hydrogen-bond acceptors (Lipinski definition) is 4. The number of hydrogen-bond donors (Lipinski definition) is 0. The van der Waals surface area contributed by atoms with Crippen molar-refractivity contribution in [1.29, 1.82) is 0 Å². The lowest BCUT2D eigenvalue weighted by Crippen LogP contribution is -2.05. The maximum absolute atomic E-state index is 12.7. The van der Waals surface area contributed by atoms with Crippen molar-refractivity contribution in [3.8, 4) is 11.5 Å². The van der Waals surface area contributed by atoms with E-state index in [1.165, 1.54) is 0 Å². The molecular weight excluding hydrogens is 275 g/mol. The van der Waals surface area contributed by atoms with E-state index in [4.69, 9.17) is 9.05 Å². The predicted molar refractivity (Wildman–Crippen MR) is 76.9 cm³/mol. The summed E-state index contributed by atoms with van der Waals surface area (Å²) >= 11 is 0. The van der Waals surface area contributed by atoms with E-state index in [1.54, 1.807) is 54.8 Å². The van der Waals surface area contributed by atoms with Crippen molar-refractivity contribution in [3.63, 3.8) is 0 Å². The van der Waals surface area contributed by atoms with Gasteiger partial charge in [-0.2, -0.15) is 0 Å². The Morgan fingerprint density at radius 2 is 1.30 bits per heavy atom. The van der Waals surface area contributed by atoms with E-state index in [2.05, 4.69) is 0 Å². The lowest BCUT2D eigenvalue weighted by molar-refractivity contribution is 0.386. The van der Waals surface area contributed by atoms with Gasteiger partial charge in [0.2, 0.25) is 0 Å². The van der Waals surface area contributed by atoms with Crippen LogP contribution in [0.1, 0.15) is 6.42 Å². The van der Waals surface area contributed by atoms with E-state index in [0.717, 1.165) is 0 Å². The first-order valence-corrected chi connectivity index (χ1v) is 7.88. The van der Waals surface area contributed by atoms with Crippen molar-refractivity contribution in [2.24, 2.45) is 0 Å². The first kappa shape index (κ1) is 14.4. The van der Waals surface area contributed by atoms with Gasteiger partial charge >= 0.3 is 7.60 Å². The molecular formula is C15H14O4P. The van der Waals surface area contributed by atoms with Crippen molar-refractivity contribution in [2.75, 3.05) is 6.16 Å². The highest BCUT2D eigenvalue weighted by atomic mass is 31.2. The molecule has 2 aromatic carbocycles. The molecule has 0 bridgehead atoms. The molecule has 4 nitrogen and oxygen atoms in total. The first-order valence-electron chi connectivity index (χ1n) is 6.15. The van der Waals surface area contributed by atoms with Crippen LogP contribution >= 0.6 is 7.60 Å². The van der Waals surface area contributed by atoms with Crippen molar-refractivity contribution in [2.45, 2.75) is 6.42 Å². The van der Waals surface area contributed by atoms with Crippen molar-refractivity contribution >= 4 is 13.9 Å². The highest BCUT2D eigenvalue weighted by molar-refractivity contribution is 7.54. The van der Waals surface area contributed by atoms with Crippen LogP contribution in [0.4, 0.5) is 0 Å². The SMILES string of the molecule is O=[C]CCP(=O)(Oc1ccccc1)Oc1ccccc1. The summed E-state index contributed by atoms with van der Waals surface area (Å²) in [4.78, 5) is 10.4. The number of para-hydroxylation sites is 2. The van der Waals surface area contributed by atoms with E-state index >= 15 is 0 Å². The maximum atomic E-state index is 12.7. The molecule has 103 valence electrons. The van der Waals surface area contributed by atoms with Gasteiger partial charge in [0.1, 0.15) is 11.5 Å². The van der Waals surface area contributed by atoms with Crippen LogP contribution in [0.25, 0.3) is 0 Å². The predicted octanol–water partition coefficient (Wildman–Crippen LogP) is 3.84. The lowest BCUT2D eigenvalue weighted by atomic mass is 10.3. The summed E-state index contributed by atoms with van der Waals surface area (Å²) in [7, 11) is -3.44. The molecule has 0 amide bonds. The fraction of sp³-hybridized carbons (Fsp3) is 0.133. The average Bonchev–Trinajstić information content (AvgIpc) is 2.47. The third-order valence-corrected chi connectivity index (χ3v) is 4.21. The van der Waals surface area contributed by atoms with Gasteiger partial charge in [-0.3, -0.25) is 4.79 Å². The molecule has 0 heterocycles. The van der Waals surface area contributed by atoms with Gasteiger partial charge in [0.05, 0.1) is 6.16 Å². The Bertz CT molecular complexity index is 538. The lowest BCUT2D eigenvalue weighted by Gasteiger charge is -2.19. The second-order valence-electron chi connectivity index (χ2n) is 4.04. The molecule has 0 aliphatic rings. The summed E-state index contributed by atoms with van der Waals surface area (Å²) in [5.74, 6) is 0.885. The minimum absolute atomic E-state index is 0.00303. The third kappa shape index (κ3) is 4.25. The fourth-order valence-corrected chi connectivity index (χ4v) is 3.05. The monoisotopic (exact) mass is 289 g/mol. The Morgan fingerprint density at radius 3 is 1.70 bits per heavy atom. The van der Waals surface area contributed by atoms with Gasteiger partial charge < -0.3 is 9.05 Å². The normalized spacial score (nSPS) is 10.8. The second-order valence-corrected chi connectivity index (χ2v) is 6.07. The van der Waals surface area contributed by atoms with Gasteiger partial charge in [0.15, 0.2) is 6.29 Å². The zero-order chi connectivity index (χ0) is 14.3. The Kier molecular flexibility index (Phi) is 4.97. The van der Waals surface area contributed by atoms with E-state index in [0.29, 0.717) is 11.5 Å². The third-order valence-electron chi connectivity index (χ3n) is 2.46. The first-order chi connectivity index (χ1) is 9.72.